The molecule has 1 aromatic heterocycles. The molecule has 1 heterocycles. The molecule has 4 nitrogen and oxygen atoms in total. The predicted molar refractivity (Wildman–Crippen MR) is 76.0 cm³/mol. The lowest BCUT2D eigenvalue weighted by Gasteiger charge is -2.31. The van der Waals surface area contributed by atoms with Crippen LogP contribution in [0.1, 0.15) is 56.2 Å². The maximum Gasteiger partial charge on any atom is 0.223 e. The van der Waals surface area contributed by atoms with Gasteiger partial charge in [-0.15, -0.1) is 11.3 Å². The molecule has 0 aromatic carbocycles. The first kappa shape index (κ1) is 14.5. The highest BCUT2D eigenvalue weighted by Gasteiger charge is 2.31. The summed E-state index contributed by atoms with van der Waals surface area (Å²) in [6, 6.07) is 0. The van der Waals surface area contributed by atoms with E-state index in [4.69, 9.17) is 0 Å². The van der Waals surface area contributed by atoms with Gasteiger partial charge >= 0.3 is 0 Å². The van der Waals surface area contributed by atoms with Gasteiger partial charge in [0.2, 0.25) is 5.91 Å². The molecule has 0 radical (unpaired) electrons. The lowest BCUT2D eigenvalue weighted by molar-refractivity contribution is -0.127. The van der Waals surface area contributed by atoms with Crippen molar-refractivity contribution in [3.8, 4) is 0 Å². The highest BCUT2D eigenvalue weighted by Crippen LogP contribution is 2.30. The number of nitrogens with zero attached hydrogens (tertiary/aromatic N) is 1. The third-order valence-electron chi connectivity index (χ3n) is 3.64. The van der Waals surface area contributed by atoms with Crippen LogP contribution >= 0.6 is 11.3 Å². The van der Waals surface area contributed by atoms with Gasteiger partial charge < -0.3 is 10.4 Å². The molecule has 0 unspecified atom stereocenters. The van der Waals surface area contributed by atoms with Crippen LogP contribution in [-0.2, 0) is 17.8 Å². The fourth-order valence-electron chi connectivity index (χ4n) is 2.53. The number of carbonyl (C=O) groups excluding carboxylic acids is 1. The molecule has 0 aliphatic heterocycles. The number of hydrogen-bond donors (Lipinski definition) is 2. The lowest BCUT2D eigenvalue weighted by atomic mass is 9.82. The van der Waals surface area contributed by atoms with E-state index in [2.05, 4.69) is 17.2 Å². The van der Waals surface area contributed by atoms with E-state index >= 15 is 0 Å². The fourth-order valence-corrected chi connectivity index (χ4v) is 3.27. The van der Waals surface area contributed by atoms with Crippen molar-refractivity contribution in [3.05, 3.63) is 16.1 Å². The van der Waals surface area contributed by atoms with Gasteiger partial charge in [0.1, 0.15) is 0 Å². The van der Waals surface area contributed by atoms with E-state index in [0.717, 1.165) is 42.8 Å². The molecular formula is C14H22N2O2S. The SMILES string of the molecule is CCc1nc(CNC(=O)CC2(O)CCCCC2)cs1. The van der Waals surface area contributed by atoms with Crippen LogP contribution < -0.4 is 5.32 Å². The Balaban J connectivity index is 1.77. The van der Waals surface area contributed by atoms with Crippen LogP contribution in [0, 0.1) is 0 Å². The van der Waals surface area contributed by atoms with Gasteiger partial charge in [0.15, 0.2) is 0 Å². The Bertz CT molecular complexity index is 425. The maximum atomic E-state index is 11.9. The van der Waals surface area contributed by atoms with Crippen molar-refractivity contribution in [1.29, 1.82) is 0 Å². The second kappa shape index (κ2) is 6.48. The van der Waals surface area contributed by atoms with Crippen LogP contribution in [0.4, 0.5) is 0 Å². The van der Waals surface area contributed by atoms with Gasteiger partial charge in [-0.3, -0.25) is 4.79 Å². The molecule has 19 heavy (non-hydrogen) atoms. The van der Waals surface area contributed by atoms with Gasteiger partial charge in [0.05, 0.1) is 29.3 Å². The molecule has 0 spiro atoms. The smallest absolute Gasteiger partial charge is 0.223 e. The maximum absolute atomic E-state index is 11.9. The molecule has 1 aliphatic carbocycles. The summed E-state index contributed by atoms with van der Waals surface area (Å²) < 4.78 is 0. The predicted octanol–water partition coefficient (Wildman–Crippen LogP) is 2.41. The number of thiazole rings is 1. The van der Waals surface area contributed by atoms with Gasteiger partial charge in [-0.1, -0.05) is 26.2 Å². The van der Waals surface area contributed by atoms with E-state index in [9.17, 15) is 9.90 Å². The highest BCUT2D eigenvalue weighted by atomic mass is 32.1. The van der Waals surface area contributed by atoms with Gasteiger partial charge in [-0.2, -0.15) is 0 Å². The minimum atomic E-state index is -0.779. The summed E-state index contributed by atoms with van der Waals surface area (Å²) in [5, 5.41) is 16.2. The topological polar surface area (TPSA) is 62.2 Å². The van der Waals surface area contributed by atoms with E-state index < -0.39 is 5.60 Å². The molecular weight excluding hydrogens is 260 g/mol. The first-order valence-electron chi connectivity index (χ1n) is 7.04. The number of aliphatic hydroxyl groups is 1. The number of aromatic nitrogens is 1. The molecule has 2 rings (SSSR count). The second-order valence-electron chi connectivity index (χ2n) is 5.32. The van der Waals surface area contributed by atoms with E-state index in [1.807, 2.05) is 5.38 Å². The number of hydrogen-bond acceptors (Lipinski definition) is 4. The van der Waals surface area contributed by atoms with Crippen LogP contribution in [-0.4, -0.2) is 21.6 Å². The Morgan fingerprint density at radius 3 is 2.84 bits per heavy atom. The fraction of sp³-hybridized carbons (Fsp3) is 0.714. The van der Waals surface area contributed by atoms with E-state index in [1.165, 1.54) is 6.42 Å². The zero-order valence-electron chi connectivity index (χ0n) is 11.4. The number of amides is 1. The monoisotopic (exact) mass is 282 g/mol. The number of aryl methyl sites for hydroxylation is 1. The van der Waals surface area contributed by atoms with Crippen LogP contribution in [0.3, 0.4) is 0 Å². The summed E-state index contributed by atoms with van der Waals surface area (Å²) in [6.07, 6.45) is 5.86. The third kappa shape index (κ3) is 4.28. The van der Waals surface area contributed by atoms with E-state index in [0.29, 0.717) is 6.54 Å². The van der Waals surface area contributed by atoms with Crippen LogP contribution in [0.15, 0.2) is 5.38 Å². The standard InChI is InChI=1S/C14H22N2O2S/c1-2-13-16-11(10-19-13)9-15-12(17)8-14(18)6-4-3-5-7-14/h10,18H,2-9H2,1H3,(H,15,17). The van der Waals surface area contributed by atoms with Gasteiger partial charge in [-0.05, 0) is 19.3 Å². The summed E-state index contributed by atoms with van der Waals surface area (Å²) in [7, 11) is 0. The van der Waals surface area contributed by atoms with Gasteiger partial charge in [0, 0.05) is 5.38 Å². The van der Waals surface area contributed by atoms with Crippen molar-refractivity contribution in [3.63, 3.8) is 0 Å². The molecule has 2 N–H and O–H groups in total. The zero-order valence-corrected chi connectivity index (χ0v) is 12.3. The highest BCUT2D eigenvalue weighted by molar-refractivity contribution is 7.09. The first-order valence-corrected chi connectivity index (χ1v) is 7.92. The first-order chi connectivity index (χ1) is 9.11. The number of carbonyl (C=O) groups is 1. The Morgan fingerprint density at radius 1 is 1.47 bits per heavy atom. The summed E-state index contributed by atoms with van der Waals surface area (Å²) in [5.41, 5.74) is 0.129. The zero-order chi connectivity index (χ0) is 13.7. The molecule has 1 aromatic rings. The summed E-state index contributed by atoms with van der Waals surface area (Å²) >= 11 is 1.62. The number of nitrogens with one attached hydrogen (secondary N) is 1. The third-order valence-corrected chi connectivity index (χ3v) is 4.68. The molecule has 1 saturated carbocycles. The Kier molecular flexibility index (Phi) is 4.93. The summed E-state index contributed by atoms with van der Waals surface area (Å²) in [5.74, 6) is -0.0737. The van der Waals surface area contributed by atoms with E-state index in [1.54, 1.807) is 11.3 Å². The van der Waals surface area contributed by atoms with Crippen LogP contribution in [0.25, 0.3) is 0 Å². The average Bonchev–Trinajstić information content (AvgIpc) is 2.84. The van der Waals surface area contributed by atoms with Crippen LogP contribution in [0.2, 0.25) is 0 Å². The average molecular weight is 282 g/mol. The quantitative estimate of drug-likeness (QED) is 0.871. The minimum absolute atomic E-state index is 0.0737. The van der Waals surface area contributed by atoms with Crippen molar-refractivity contribution in [1.82, 2.24) is 10.3 Å². The summed E-state index contributed by atoms with van der Waals surface area (Å²) in [6.45, 7) is 2.53. The van der Waals surface area contributed by atoms with Crippen molar-refractivity contribution in [2.24, 2.45) is 0 Å². The Morgan fingerprint density at radius 2 is 2.21 bits per heavy atom. The minimum Gasteiger partial charge on any atom is -0.389 e. The molecule has 1 amide bonds. The van der Waals surface area contributed by atoms with Crippen molar-refractivity contribution >= 4 is 17.2 Å². The molecule has 0 atom stereocenters. The second-order valence-corrected chi connectivity index (χ2v) is 6.27. The van der Waals surface area contributed by atoms with E-state index in [-0.39, 0.29) is 12.3 Å². The van der Waals surface area contributed by atoms with Crippen molar-refractivity contribution < 1.29 is 9.90 Å². The molecule has 5 heteroatoms. The molecule has 1 aliphatic rings. The molecule has 1 fully saturated rings. The largest absolute Gasteiger partial charge is 0.389 e. The van der Waals surface area contributed by atoms with Crippen LogP contribution in [0.5, 0.6) is 0 Å². The molecule has 106 valence electrons. The van der Waals surface area contributed by atoms with Gasteiger partial charge in [-0.25, -0.2) is 4.98 Å². The molecule has 0 bridgehead atoms. The van der Waals surface area contributed by atoms with Crippen molar-refractivity contribution in [2.75, 3.05) is 0 Å². The normalized spacial score (nSPS) is 18.2. The Labute approximate surface area is 118 Å². The van der Waals surface area contributed by atoms with Crippen molar-refractivity contribution in [2.45, 2.75) is 64.0 Å². The Hall–Kier alpha value is -0.940. The summed E-state index contributed by atoms with van der Waals surface area (Å²) in [4.78, 5) is 16.3. The lowest BCUT2D eigenvalue weighted by Crippen LogP contribution is -2.38. The van der Waals surface area contributed by atoms with Gasteiger partial charge in [0.25, 0.3) is 0 Å². The molecule has 0 saturated heterocycles. The number of rotatable bonds is 5.